The van der Waals surface area contributed by atoms with E-state index in [1.165, 1.54) is 0 Å². The van der Waals surface area contributed by atoms with Gasteiger partial charge in [-0.3, -0.25) is 9.59 Å². The highest BCUT2D eigenvalue weighted by Crippen LogP contribution is 2.31. The van der Waals surface area contributed by atoms with Crippen LogP contribution in [-0.4, -0.2) is 73.6 Å². The highest BCUT2D eigenvalue weighted by Gasteiger charge is 2.45. The number of nitrogens with one attached hydrogen (secondary N) is 1. The number of rotatable bonds is 2. The van der Waals surface area contributed by atoms with Gasteiger partial charge in [0.2, 0.25) is 11.8 Å². The fourth-order valence-corrected chi connectivity index (χ4v) is 3.61. The molecule has 0 radical (unpaired) electrons. The van der Waals surface area contributed by atoms with Gasteiger partial charge in [0.15, 0.2) is 0 Å². The first-order chi connectivity index (χ1) is 10.1. The molecule has 3 heterocycles. The van der Waals surface area contributed by atoms with Gasteiger partial charge in [-0.05, 0) is 32.7 Å². The van der Waals surface area contributed by atoms with Crippen molar-refractivity contribution in [3.8, 4) is 0 Å². The number of hydrogen-bond acceptors (Lipinski definition) is 4. The Bertz CT molecular complexity index is 414. The summed E-state index contributed by atoms with van der Waals surface area (Å²) in [6, 6.07) is -0.256. The minimum atomic E-state index is -0.339. The molecule has 0 aromatic heterocycles. The molecule has 21 heavy (non-hydrogen) atoms. The number of likely N-dealkylation sites (tertiary alicyclic amines) is 1. The molecule has 6 heteroatoms. The first-order valence-electron chi connectivity index (χ1n) is 8.00. The Kier molecular flexibility index (Phi) is 4.17. The minimum absolute atomic E-state index is 0.110. The van der Waals surface area contributed by atoms with Crippen molar-refractivity contribution in [1.82, 2.24) is 15.1 Å². The van der Waals surface area contributed by atoms with Crippen LogP contribution < -0.4 is 5.32 Å². The number of carbonyl (C=O) groups excluding carboxylic acids is 2. The van der Waals surface area contributed by atoms with Gasteiger partial charge < -0.3 is 19.9 Å². The molecular formula is C15H25N3O3. The van der Waals surface area contributed by atoms with Crippen LogP contribution in [0.3, 0.4) is 0 Å². The Morgan fingerprint density at radius 3 is 2.67 bits per heavy atom. The van der Waals surface area contributed by atoms with Crippen molar-refractivity contribution in [3.05, 3.63) is 0 Å². The largest absolute Gasteiger partial charge is 0.378 e. The molecule has 0 aliphatic carbocycles. The van der Waals surface area contributed by atoms with Crippen LogP contribution in [0.25, 0.3) is 0 Å². The third-order valence-corrected chi connectivity index (χ3v) is 5.01. The van der Waals surface area contributed by atoms with Gasteiger partial charge in [0.1, 0.15) is 6.04 Å². The van der Waals surface area contributed by atoms with Gasteiger partial charge in [0.05, 0.1) is 18.6 Å². The Balaban J connectivity index is 1.69. The second kappa shape index (κ2) is 5.93. The molecule has 0 bridgehead atoms. The quantitative estimate of drug-likeness (QED) is 0.769. The smallest absolute Gasteiger partial charge is 0.245 e. The number of hydrogen-bond donors (Lipinski definition) is 1. The van der Waals surface area contributed by atoms with Crippen LogP contribution in [0.4, 0.5) is 0 Å². The average molecular weight is 295 g/mol. The van der Waals surface area contributed by atoms with Gasteiger partial charge in [-0.15, -0.1) is 0 Å². The second-order valence-electron chi connectivity index (χ2n) is 6.58. The Morgan fingerprint density at radius 2 is 2.00 bits per heavy atom. The summed E-state index contributed by atoms with van der Waals surface area (Å²) in [6.45, 7) is 6.85. The summed E-state index contributed by atoms with van der Waals surface area (Å²) in [5.41, 5.74) is -0.339. The lowest BCUT2D eigenvalue weighted by Gasteiger charge is -2.35. The zero-order chi connectivity index (χ0) is 14.9. The molecule has 3 fully saturated rings. The summed E-state index contributed by atoms with van der Waals surface area (Å²) in [5.74, 6) is 0.260. The molecule has 2 atom stereocenters. The van der Waals surface area contributed by atoms with Crippen LogP contribution in [0, 0.1) is 5.41 Å². The van der Waals surface area contributed by atoms with Crippen LogP contribution in [-0.2, 0) is 14.3 Å². The van der Waals surface area contributed by atoms with Crippen LogP contribution in [0.2, 0.25) is 0 Å². The van der Waals surface area contributed by atoms with E-state index in [0.29, 0.717) is 26.3 Å². The SMILES string of the molecule is CC1(C(=O)N2CCCC2C(=O)N2CCOCC2)CCNC1. The zero-order valence-electron chi connectivity index (χ0n) is 12.8. The molecule has 3 aliphatic rings. The summed E-state index contributed by atoms with van der Waals surface area (Å²) in [5, 5.41) is 3.27. The minimum Gasteiger partial charge on any atom is -0.378 e. The van der Waals surface area contributed by atoms with Crippen molar-refractivity contribution in [2.75, 3.05) is 45.9 Å². The van der Waals surface area contributed by atoms with Gasteiger partial charge in [-0.25, -0.2) is 0 Å². The highest BCUT2D eigenvalue weighted by molar-refractivity contribution is 5.91. The summed E-state index contributed by atoms with van der Waals surface area (Å²) in [6.07, 6.45) is 2.59. The molecule has 0 aromatic carbocycles. The second-order valence-corrected chi connectivity index (χ2v) is 6.58. The standard InChI is InChI=1S/C15H25N3O3/c1-15(4-5-16-11-15)14(20)18-6-2-3-12(18)13(19)17-7-9-21-10-8-17/h12,16H,2-11H2,1H3. The topological polar surface area (TPSA) is 61.9 Å². The number of ether oxygens (including phenoxy) is 1. The van der Waals surface area contributed by atoms with E-state index in [0.717, 1.165) is 38.9 Å². The lowest BCUT2D eigenvalue weighted by molar-refractivity contribution is -0.150. The molecule has 2 unspecified atom stereocenters. The Hall–Kier alpha value is -1.14. The molecule has 0 saturated carbocycles. The van der Waals surface area contributed by atoms with E-state index in [2.05, 4.69) is 5.32 Å². The van der Waals surface area contributed by atoms with E-state index in [-0.39, 0.29) is 23.3 Å². The Labute approximate surface area is 125 Å². The van der Waals surface area contributed by atoms with Crippen molar-refractivity contribution >= 4 is 11.8 Å². The predicted octanol–water partition coefficient (Wildman–Crippen LogP) is -0.164. The molecule has 1 N–H and O–H groups in total. The third-order valence-electron chi connectivity index (χ3n) is 5.01. The van der Waals surface area contributed by atoms with Gasteiger partial charge in [0, 0.05) is 26.2 Å². The fraction of sp³-hybridized carbons (Fsp3) is 0.867. The highest BCUT2D eigenvalue weighted by atomic mass is 16.5. The maximum absolute atomic E-state index is 12.9. The van der Waals surface area contributed by atoms with Crippen molar-refractivity contribution < 1.29 is 14.3 Å². The molecule has 6 nitrogen and oxygen atoms in total. The monoisotopic (exact) mass is 295 g/mol. The van der Waals surface area contributed by atoms with E-state index in [9.17, 15) is 9.59 Å². The van der Waals surface area contributed by atoms with Gasteiger partial charge in [0.25, 0.3) is 0 Å². The van der Waals surface area contributed by atoms with Crippen molar-refractivity contribution in [2.24, 2.45) is 5.41 Å². The first kappa shape index (κ1) is 14.8. The van der Waals surface area contributed by atoms with Crippen molar-refractivity contribution in [3.63, 3.8) is 0 Å². The Morgan fingerprint density at radius 1 is 1.24 bits per heavy atom. The predicted molar refractivity (Wildman–Crippen MR) is 77.7 cm³/mol. The molecule has 0 aromatic rings. The fourth-order valence-electron chi connectivity index (χ4n) is 3.61. The number of nitrogens with zero attached hydrogens (tertiary/aromatic N) is 2. The van der Waals surface area contributed by atoms with E-state index in [1.54, 1.807) is 0 Å². The number of carbonyl (C=O) groups is 2. The molecule has 118 valence electrons. The third kappa shape index (κ3) is 2.79. The molecule has 3 rings (SSSR count). The van der Waals surface area contributed by atoms with Crippen molar-refractivity contribution in [1.29, 1.82) is 0 Å². The van der Waals surface area contributed by atoms with Crippen LogP contribution in [0.5, 0.6) is 0 Å². The normalized spacial score (nSPS) is 33.5. The van der Waals surface area contributed by atoms with Crippen LogP contribution in [0.1, 0.15) is 26.2 Å². The summed E-state index contributed by atoms with van der Waals surface area (Å²) < 4.78 is 5.30. The number of morpholine rings is 1. The van der Waals surface area contributed by atoms with Gasteiger partial charge in [-0.2, -0.15) is 0 Å². The molecule has 0 spiro atoms. The molecule has 2 amide bonds. The van der Waals surface area contributed by atoms with E-state index in [1.807, 2.05) is 16.7 Å². The van der Waals surface area contributed by atoms with Gasteiger partial charge in [-0.1, -0.05) is 0 Å². The van der Waals surface area contributed by atoms with E-state index < -0.39 is 0 Å². The molecular weight excluding hydrogens is 270 g/mol. The molecule has 3 saturated heterocycles. The summed E-state index contributed by atoms with van der Waals surface area (Å²) >= 11 is 0. The van der Waals surface area contributed by atoms with Gasteiger partial charge >= 0.3 is 0 Å². The lowest BCUT2D eigenvalue weighted by atomic mass is 9.87. The maximum atomic E-state index is 12.9. The lowest BCUT2D eigenvalue weighted by Crippen LogP contribution is -2.53. The van der Waals surface area contributed by atoms with E-state index in [4.69, 9.17) is 4.74 Å². The summed E-state index contributed by atoms with van der Waals surface area (Å²) in [4.78, 5) is 29.2. The summed E-state index contributed by atoms with van der Waals surface area (Å²) in [7, 11) is 0. The number of amides is 2. The average Bonchev–Trinajstić information content (AvgIpc) is 3.16. The van der Waals surface area contributed by atoms with Crippen LogP contribution in [0.15, 0.2) is 0 Å². The first-order valence-corrected chi connectivity index (χ1v) is 8.00. The molecule has 3 aliphatic heterocycles. The van der Waals surface area contributed by atoms with Crippen molar-refractivity contribution in [2.45, 2.75) is 32.2 Å². The zero-order valence-corrected chi connectivity index (χ0v) is 12.8. The maximum Gasteiger partial charge on any atom is 0.245 e. The van der Waals surface area contributed by atoms with E-state index >= 15 is 0 Å². The van der Waals surface area contributed by atoms with Crippen LogP contribution >= 0.6 is 0 Å².